The highest BCUT2D eigenvalue weighted by atomic mass is 35.5. The van der Waals surface area contributed by atoms with E-state index in [9.17, 15) is 22.4 Å². The summed E-state index contributed by atoms with van der Waals surface area (Å²) < 4.78 is 54.7. The predicted octanol–water partition coefficient (Wildman–Crippen LogP) is 3.95. The fraction of sp³-hybridized carbons (Fsp3) is 0.222. The third kappa shape index (κ3) is 3.67. The number of hydrogen-bond acceptors (Lipinski definition) is 5. The van der Waals surface area contributed by atoms with E-state index in [0.717, 1.165) is 18.2 Å². The van der Waals surface area contributed by atoms with Crippen LogP contribution in [-0.4, -0.2) is 31.7 Å². The number of anilines is 3. The van der Waals surface area contributed by atoms with Gasteiger partial charge < -0.3 is 5.32 Å². The van der Waals surface area contributed by atoms with Crippen LogP contribution in [0.1, 0.15) is 11.3 Å². The van der Waals surface area contributed by atoms with Crippen LogP contribution in [0.4, 0.5) is 35.0 Å². The van der Waals surface area contributed by atoms with Crippen molar-refractivity contribution in [1.82, 2.24) is 19.7 Å². The van der Waals surface area contributed by atoms with Crippen LogP contribution >= 0.6 is 11.6 Å². The molecule has 1 aliphatic rings. The van der Waals surface area contributed by atoms with Gasteiger partial charge in [-0.3, -0.25) is 14.3 Å². The van der Waals surface area contributed by atoms with Crippen LogP contribution in [0.3, 0.4) is 0 Å². The first-order valence-corrected chi connectivity index (χ1v) is 9.00. The van der Waals surface area contributed by atoms with Crippen LogP contribution in [0.25, 0.3) is 0 Å². The smallest absolute Gasteiger partial charge is 0.324 e. The summed E-state index contributed by atoms with van der Waals surface area (Å²) in [7, 11) is 0. The molecule has 0 aliphatic carbocycles. The third-order valence-corrected chi connectivity index (χ3v) is 4.79. The van der Waals surface area contributed by atoms with Gasteiger partial charge in [0.05, 0.1) is 17.1 Å². The van der Waals surface area contributed by atoms with Gasteiger partial charge in [-0.1, -0.05) is 11.6 Å². The average molecular weight is 441 g/mol. The zero-order chi connectivity index (χ0) is 21.6. The molecular formula is C18H13ClF4N6O. The minimum absolute atomic E-state index is 0.0834. The maximum Gasteiger partial charge on any atom is 0.416 e. The van der Waals surface area contributed by atoms with E-state index in [1.165, 1.54) is 34.9 Å². The van der Waals surface area contributed by atoms with Gasteiger partial charge >= 0.3 is 6.18 Å². The number of rotatable bonds is 3. The quantitative estimate of drug-likeness (QED) is 0.624. The van der Waals surface area contributed by atoms with Gasteiger partial charge in [-0.05, 0) is 37.3 Å². The average Bonchev–Trinajstić information content (AvgIpc) is 3.24. The number of alkyl halides is 3. The summed E-state index contributed by atoms with van der Waals surface area (Å²) in [4.78, 5) is 18.4. The van der Waals surface area contributed by atoms with Crippen molar-refractivity contribution in [3.05, 3.63) is 58.8 Å². The molecule has 30 heavy (non-hydrogen) atoms. The molecule has 156 valence electrons. The molecule has 4 rings (SSSR count). The molecule has 0 fully saturated rings. The molecule has 1 amide bonds. The van der Waals surface area contributed by atoms with Crippen molar-refractivity contribution < 1.29 is 22.4 Å². The molecule has 12 heteroatoms. The van der Waals surface area contributed by atoms with Crippen LogP contribution < -0.4 is 10.2 Å². The van der Waals surface area contributed by atoms with Crippen molar-refractivity contribution in [2.75, 3.05) is 10.2 Å². The van der Waals surface area contributed by atoms with Crippen molar-refractivity contribution in [1.29, 1.82) is 0 Å². The Balaban J connectivity index is 1.70. The standard InChI is InChI=1S/C18H13ClF4N6O/c1-9-4-10(18(21,22)23)5-15(25-9)29-14(7-28-8-24-27-17(28)29)16(30)26-11-2-3-13(20)12(19)6-11/h2-6,8,14H,7H2,1H3,(H,26,30). The largest absolute Gasteiger partial charge is 0.416 e. The summed E-state index contributed by atoms with van der Waals surface area (Å²) in [5.41, 5.74) is -0.531. The molecule has 1 atom stereocenters. The van der Waals surface area contributed by atoms with Gasteiger partial charge in [-0.2, -0.15) is 13.2 Å². The number of aromatic nitrogens is 4. The van der Waals surface area contributed by atoms with E-state index < -0.39 is 29.5 Å². The molecule has 0 saturated carbocycles. The topological polar surface area (TPSA) is 75.9 Å². The lowest BCUT2D eigenvalue weighted by molar-refractivity contribution is -0.137. The van der Waals surface area contributed by atoms with Crippen molar-refractivity contribution in [3.63, 3.8) is 0 Å². The molecule has 1 unspecified atom stereocenters. The lowest BCUT2D eigenvalue weighted by Gasteiger charge is -2.24. The minimum Gasteiger partial charge on any atom is -0.324 e. The fourth-order valence-electron chi connectivity index (χ4n) is 3.17. The Hall–Kier alpha value is -3.21. The SMILES string of the molecule is Cc1cc(C(F)(F)F)cc(N2c3nncn3CC2C(=O)Nc2ccc(F)c(Cl)c2)n1. The summed E-state index contributed by atoms with van der Waals surface area (Å²) in [6, 6.07) is 4.46. The number of aryl methyl sites for hydroxylation is 1. The molecule has 3 aromatic rings. The Kier molecular flexibility index (Phi) is 4.85. The molecule has 3 heterocycles. The monoisotopic (exact) mass is 440 g/mol. The van der Waals surface area contributed by atoms with Gasteiger partial charge in [0.1, 0.15) is 24.0 Å². The number of carbonyl (C=O) groups is 1. The van der Waals surface area contributed by atoms with Crippen molar-refractivity contribution in [2.45, 2.75) is 25.7 Å². The van der Waals surface area contributed by atoms with Gasteiger partial charge in [-0.25, -0.2) is 9.37 Å². The van der Waals surface area contributed by atoms with Crippen LogP contribution in [0.5, 0.6) is 0 Å². The zero-order valence-corrected chi connectivity index (χ0v) is 16.0. The number of carbonyl (C=O) groups excluding carboxylic acids is 1. The number of hydrogen-bond donors (Lipinski definition) is 1. The highest BCUT2D eigenvalue weighted by molar-refractivity contribution is 6.31. The summed E-state index contributed by atoms with van der Waals surface area (Å²) in [5.74, 6) is -1.11. The maximum atomic E-state index is 13.4. The molecule has 1 aliphatic heterocycles. The van der Waals surface area contributed by atoms with Crippen LogP contribution in [0.15, 0.2) is 36.7 Å². The van der Waals surface area contributed by atoms with E-state index in [1.807, 2.05) is 0 Å². The summed E-state index contributed by atoms with van der Waals surface area (Å²) in [5, 5.41) is 10.1. The highest BCUT2D eigenvalue weighted by Gasteiger charge is 2.40. The number of nitrogens with one attached hydrogen (secondary N) is 1. The first-order valence-electron chi connectivity index (χ1n) is 8.62. The van der Waals surface area contributed by atoms with Gasteiger partial charge in [0.2, 0.25) is 11.9 Å². The third-order valence-electron chi connectivity index (χ3n) is 4.50. The first-order chi connectivity index (χ1) is 14.1. The predicted molar refractivity (Wildman–Crippen MR) is 100.0 cm³/mol. The van der Waals surface area contributed by atoms with Crippen LogP contribution in [-0.2, 0) is 17.5 Å². The summed E-state index contributed by atoms with van der Waals surface area (Å²) >= 11 is 5.74. The number of pyridine rings is 1. The van der Waals surface area contributed by atoms with Crippen molar-refractivity contribution in [2.24, 2.45) is 0 Å². The number of fused-ring (bicyclic) bond motifs is 1. The molecule has 0 saturated heterocycles. The van der Waals surface area contributed by atoms with Crippen LogP contribution in [0.2, 0.25) is 5.02 Å². The van der Waals surface area contributed by atoms with Gasteiger partial charge in [0, 0.05) is 11.4 Å². The van der Waals surface area contributed by atoms with E-state index in [2.05, 4.69) is 20.5 Å². The normalized spacial score (nSPS) is 15.9. The number of halogens is 5. The molecule has 7 nitrogen and oxygen atoms in total. The highest BCUT2D eigenvalue weighted by Crippen LogP contribution is 2.36. The van der Waals surface area contributed by atoms with E-state index in [0.29, 0.717) is 0 Å². The zero-order valence-electron chi connectivity index (χ0n) is 15.3. The van der Waals surface area contributed by atoms with Gasteiger partial charge in [0.25, 0.3) is 0 Å². The second kappa shape index (κ2) is 7.24. The lowest BCUT2D eigenvalue weighted by atomic mass is 10.2. The molecule has 1 aromatic carbocycles. The molecule has 0 spiro atoms. The number of amides is 1. The Labute approximate surface area is 172 Å². The Morgan fingerprint density at radius 1 is 1.27 bits per heavy atom. The second-order valence-corrected chi connectivity index (χ2v) is 7.05. The molecule has 2 aromatic heterocycles. The Bertz CT molecular complexity index is 1130. The Morgan fingerprint density at radius 2 is 2.03 bits per heavy atom. The summed E-state index contributed by atoms with van der Waals surface area (Å²) in [6.45, 7) is 1.51. The fourth-order valence-corrected chi connectivity index (χ4v) is 3.35. The van der Waals surface area contributed by atoms with E-state index >= 15 is 0 Å². The molecule has 1 N–H and O–H groups in total. The number of benzene rings is 1. The molecule has 0 radical (unpaired) electrons. The molecule has 0 bridgehead atoms. The van der Waals surface area contributed by atoms with E-state index in [1.54, 1.807) is 0 Å². The van der Waals surface area contributed by atoms with Gasteiger partial charge in [0.15, 0.2) is 0 Å². The van der Waals surface area contributed by atoms with E-state index in [-0.39, 0.29) is 34.7 Å². The van der Waals surface area contributed by atoms with Crippen molar-refractivity contribution in [3.8, 4) is 0 Å². The lowest BCUT2D eigenvalue weighted by Crippen LogP contribution is -2.40. The molecular weight excluding hydrogens is 428 g/mol. The maximum absolute atomic E-state index is 13.4. The summed E-state index contributed by atoms with van der Waals surface area (Å²) in [6.07, 6.45) is -3.22. The van der Waals surface area contributed by atoms with Gasteiger partial charge in [-0.15, -0.1) is 10.2 Å². The van der Waals surface area contributed by atoms with Crippen LogP contribution in [0, 0.1) is 12.7 Å². The first kappa shape index (κ1) is 20.1. The Morgan fingerprint density at radius 3 is 2.73 bits per heavy atom. The number of nitrogens with zero attached hydrogens (tertiary/aromatic N) is 5. The minimum atomic E-state index is -4.58. The van der Waals surface area contributed by atoms with E-state index in [4.69, 9.17) is 11.6 Å². The van der Waals surface area contributed by atoms with Crippen molar-refractivity contribution >= 4 is 35.0 Å². The second-order valence-electron chi connectivity index (χ2n) is 6.64.